The summed E-state index contributed by atoms with van der Waals surface area (Å²) in [5.41, 5.74) is 1.09. The van der Waals surface area contributed by atoms with Crippen molar-refractivity contribution >= 4 is 17.6 Å². The van der Waals surface area contributed by atoms with Crippen LogP contribution in [-0.4, -0.2) is 6.29 Å². The fourth-order valence-corrected chi connectivity index (χ4v) is 1.63. The van der Waals surface area contributed by atoms with Crippen molar-refractivity contribution in [2.75, 3.05) is 0 Å². The molecule has 0 saturated carbocycles. The highest BCUT2D eigenvalue weighted by Gasteiger charge is 1.98. The molecule has 1 aromatic rings. The third-order valence-electron chi connectivity index (χ3n) is 1.19. The topological polar surface area (TPSA) is 17.1 Å². The van der Waals surface area contributed by atoms with E-state index in [-0.39, 0.29) is 0 Å². The summed E-state index contributed by atoms with van der Waals surface area (Å²) in [7, 11) is 0. The van der Waals surface area contributed by atoms with Crippen molar-refractivity contribution in [1.82, 2.24) is 0 Å². The van der Waals surface area contributed by atoms with Gasteiger partial charge in [0.1, 0.15) is 0 Å². The van der Waals surface area contributed by atoms with Crippen LogP contribution in [0.1, 0.15) is 34.0 Å². The molecule has 0 radical (unpaired) electrons. The molecule has 62 valence electrons. The van der Waals surface area contributed by atoms with E-state index in [2.05, 4.69) is 0 Å². The summed E-state index contributed by atoms with van der Waals surface area (Å²) in [6.07, 6.45) is 0.910. The lowest BCUT2D eigenvalue weighted by atomic mass is 10.3. The van der Waals surface area contributed by atoms with Gasteiger partial charge in [0.05, 0.1) is 4.88 Å². The molecule has 0 bridgehead atoms. The van der Waals surface area contributed by atoms with Gasteiger partial charge in [-0.2, -0.15) is 0 Å². The Bertz CT molecular complexity index is 225. The molecule has 0 spiro atoms. The second kappa shape index (κ2) is 5.08. The molecular formula is C9H14OS. The van der Waals surface area contributed by atoms with Crippen LogP contribution in [0.25, 0.3) is 0 Å². The van der Waals surface area contributed by atoms with Gasteiger partial charge in [0, 0.05) is 4.88 Å². The first kappa shape index (κ1) is 10.4. The van der Waals surface area contributed by atoms with Crippen LogP contribution in [0.5, 0.6) is 0 Å². The predicted octanol–water partition coefficient (Wildman–Crippen LogP) is 3.20. The van der Waals surface area contributed by atoms with Gasteiger partial charge in [0.15, 0.2) is 6.29 Å². The van der Waals surface area contributed by atoms with Crippen LogP contribution >= 0.6 is 11.3 Å². The molecule has 1 nitrogen and oxygen atoms in total. The third-order valence-corrected chi connectivity index (χ3v) is 2.26. The van der Waals surface area contributed by atoms with Crippen molar-refractivity contribution < 1.29 is 4.79 Å². The van der Waals surface area contributed by atoms with Crippen molar-refractivity contribution in [2.24, 2.45) is 0 Å². The summed E-state index contributed by atoms with van der Waals surface area (Å²) < 4.78 is 0. The zero-order valence-electron chi connectivity index (χ0n) is 7.47. The Kier molecular flexibility index (Phi) is 4.79. The minimum Gasteiger partial charge on any atom is -0.297 e. The van der Waals surface area contributed by atoms with Gasteiger partial charge in [0.25, 0.3) is 0 Å². The first-order valence-electron chi connectivity index (χ1n) is 3.76. The Balaban J connectivity index is 0.000000461. The summed E-state index contributed by atoms with van der Waals surface area (Å²) in [4.78, 5) is 12.3. The first-order chi connectivity index (χ1) is 5.24. The van der Waals surface area contributed by atoms with Crippen molar-refractivity contribution in [3.05, 3.63) is 21.4 Å². The molecule has 0 saturated heterocycles. The molecule has 0 aromatic carbocycles. The van der Waals surface area contributed by atoms with E-state index in [0.717, 1.165) is 16.7 Å². The Hall–Kier alpha value is -0.630. The van der Waals surface area contributed by atoms with Crippen LogP contribution in [0.3, 0.4) is 0 Å². The monoisotopic (exact) mass is 170 g/mol. The van der Waals surface area contributed by atoms with Crippen LogP contribution in [0, 0.1) is 13.8 Å². The van der Waals surface area contributed by atoms with E-state index in [4.69, 9.17) is 0 Å². The second-order valence-electron chi connectivity index (χ2n) is 2.02. The third kappa shape index (κ3) is 2.85. The Morgan fingerprint density at radius 1 is 1.36 bits per heavy atom. The van der Waals surface area contributed by atoms with E-state index in [1.54, 1.807) is 11.3 Å². The number of aldehydes is 1. The second-order valence-corrected chi connectivity index (χ2v) is 3.31. The van der Waals surface area contributed by atoms with E-state index in [1.165, 1.54) is 4.88 Å². The van der Waals surface area contributed by atoms with Crippen LogP contribution in [0.2, 0.25) is 0 Å². The molecule has 0 atom stereocenters. The maximum absolute atomic E-state index is 10.3. The molecule has 1 heterocycles. The van der Waals surface area contributed by atoms with Crippen molar-refractivity contribution in [1.29, 1.82) is 0 Å². The molecule has 2 heteroatoms. The molecule has 0 amide bonds. The maximum atomic E-state index is 10.3. The van der Waals surface area contributed by atoms with Gasteiger partial charge in [-0.15, -0.1) is 11.3 Å². The van der Waals surface area contributed by atoms with Gasteiger partial charge < -0.3 is 0 Å². The minimum absolute atomic E-state index is 0.854. The standard InChI is InChI=1S/C7H8OS.C2H6/c1-5-3-6(2)9-7(5)4-8;1-2/h3-4H,1-2H3;1-2H3. The average molecular weight is 170 g/mol. The van der Waals surface area contributed by atoms with Gasteiger partial charge in [-0.05, 0) is 25.5 Å². The highest BCUT2D eigenvalue weighted by Crippen LogP contribution is 2.17. The molecule has 0 aliphatic heterocycles. The van der Waals surface area contributed by atoms with Gasteiger partial charge in [-0.25, -0.2) is 0 Å². The SMILES string of the molecule is CC.Cc1cc(C)c(C=O)s1. The number of hydrogen-bond donors (Lipinski definition) is 0. The molecule has 1 aromatic heterocycles. The molecular weight excluding hydrogens is 156 g/mol. The summed E-state index contributed by atoms with van der Waals surface area (Å²) in [5, 5.41) is 0. The van der Waals surface area contributed by atoms with Crippen molar-refractivity contribution in [3.63, 3.8) is 0 Å². The van der Waals surface area contributed by atoms with Gasteiger partial charge in [-0.3, -0.25) is 4.79 Å². The summed E-state index contributed by atoms with van der Waals surface area (Å²) in [6, 6.07) is 2.02. The zero-order valence-corrected chi connectivity index (χ0v) is 8.29. The smallest absolute Gasteiger partial charge is 0.160 e. The van der Waals surface area contributed by atoms with Crippen molar-refractivity contribution in [2.45, 2.75) is 27.7 Å². The number of aryl methyl sites for hydroxylation is 2. The molecule has 0 fully saturated rings. The molecule has 0 aliphatic carbocycles. The number of thiophene rings is 1. The number of carbonyl (C=O) groups excluding carboxylic acids is 1. The molecule has 11 heavy (non-hydrogen) atoms. The van der Waals surface area contributed by atoms with E-state index in [0.29, 0.717) is 0 Å². The zero-order chi connectivity index (χ0) is 8.85. The highest BCUT2D eigenvalue weighted by molar-refractivity contribution is 7.13. The van der Waals surface area contributed by atoms with Gasteiger partial charge >= 0.3 is 0 Å². The minimum atomic E-state index is 0.854. The van der Waals surface area contributed by atoms with Crippen LogP contribution in [-0.2, 0) is 0 Å². The lowest BCUT2D eigenvalue weighted by Gasteiger charge is -1.79. The van der Waals surface area contributed by atoms with E-state index in [9.17, 15) is 4.79 Å². The van der Waals surface area contributed by atoms with Crippen LogP contribution in [0.4, 0.5) is 0 Å². The normalized spacial score (nSPS) is 8.36. The Labute approximate surface area is 72.1 Å². The van der Waals surface area contributed by atoms with E-state index in [1.807, 2.05) is 33.8 Å². The van der Waals surface area contributed by atoms with E-state index < -0.39 is 0 Å². The van der Waals surface area contributed by atoms with Crippen LogP contribution in [0.15, 0.2) is 6.07 Å². The van der Waals surface area contributed by atoms with E-state index >= 15 is 0 Å². The lowest BCUT2D eigenvalue weighted by Crippen LogP contribution is -1.72. The first-order valence-corrected chi connectivity index (χ1v) is 4.58. The number of carbonyl (C=O) groups is 1. The van der Waals surface area contributed by atoms with Crippen molar-refractivity contribution in [3.8, 4) is 0 Å². The Morgan fingerprint density at radius 2 is 1.91 bits per heavy atom. The maximum Gasteiger partial charge on any atom is 0.160 e. The molecule has 0 unspecified atom stereocenters. The molecule has 1 rings (SSSR count). The van der Waals surface area contributed by atoms with Crippen LogP contribution < -0.4 is 0 Å². The number of rotatable bonds is 1. The fourth-order valence-electron chi connectivity index (χ4n) is 0.776. The number of hydrogen-bond acceptors (Lipinski definition) is 2. The Morgan fingerprint density at radius 3 is 2.09 bits per heavy atom. The quantitative estimate of drug-likeness (QED) is 0.591. The summed E-state index contributed by atoms with van der Waals surface area (Å²) >= 11 is 1.55. The lowest BCUT2D eigenvalue weighted by molar-refractivity contribution is 0.112. The highest BCUT2D eigenvalue weighted by atomic mass is 32.1. The largest absolute Gasteiger partial charge is 0.297 e. The van der Waals surface area contributed by atoms with Gasteiger partial charge in [0.2, 0.25) is 0 Å². The van der Waals surface area contributed by atoms with Gasteiger partial charge in [-0.1, -0.05) is 13.8 Å². The molecule has 0 N–H and O–H groups in total. The summed E-state index contributed by atoms with van der Waals surface area (Å²) in [5.74, 6) is 0. The predicted molar refractivity (Wildman–Crippen MR) is 50.5 cm³/mol. The fraction of sp³-hybridized carbons (Fsp3) is 0.444. The average Bonchev–Trinajstić information content (AvgIpc) is 2.33. The molecule has 0 aliphatic rings. The summed E-state index contributed by atoms with van der Waals surface area (Å²) in [6.45, 7) is 7.96.